The van der Waals surface area contributed by atoms with Crippen molar-refractivity contribution in [2.45, 2.75) is 31.9 Å². The Bertz CT molecular complexity index is 1510. The van der Waals surface area contributed by atoms with Crippen LogP contribution in [0.1, 0.15) is 36.4 Å². The number of nitrogens with zero attached hydrogens (tertiary/aromatic N) is 6. The van der Waals surface area contributed by atoms with Crippen LogP contribution >= 0.6 is 11.6 Å². The molecular weight excluding hydrogens is 471 g/mol. The molecule has 0 N–H and O–H groups in total. The molecule has 1 saturated heterocycles. The van der Waals surface area contributed by atoms with E-state index in [-0.39, 0.29) is 23.3 Å². The molecule has 1 saturated carbocycles. The molecule has 1 aliphatic heterocycles. The van der Waals surface area contributed by atoms with E-state index in [1.807, 2.05) is 20.2 Å². The van der Waals surface area contributed by atoms with Crippen LogP contribution in [0.4, 0.5) is 10.2 Å². The molecule has 0 amide bonds. The molecule has 2 aliphatic rings. The highest BCUT2D eigenvalue weighted by atomic mass is 35.5. The summed E-state index contributed by atoms with van der Waals surface area (Å²) in [5.41, 5.74) is 1.83. The number of pyridine rings is 1. The lowest BCUT2D eigenvalue weighted by atomic mass is 10.1. The van der Waals surface area contributed by atoms with Crippen molar-refractivity contribution in [1.82, 2.24) is 24.3 Å². The smallest absolute Gasteiger partial charge is 0.261 e. The summed E-state index contributed by atoms with van der Waals surface area (Å²) in [5.74, 6) is 0.687. The standard InChI is InChI=1S/C25H24ClFN6O2/c1-14-29-24-19(25(34)33(14)17-4-5-17)10-22(30-23(24)18-6-3-16(26)9-20(18)27)32-7-8-35-21(13-32)15-11-28-31(2)12-15/h3,6,9-12,17,21H,4-5,7-8,13H2,1-2H3/t21-/m1/s1. The predicted molar refractivity (Wildman–Crippen MR) is 131 cm³/mol. The zero-order chi connectivity index (χ0) is 24.3. The second kappa shape index (κ2) is 8.42. The van der Waals surface area contributed by atoms with Crippen molar-refractivity contribution in [2.75, 3.05) is 24.6 Å². The lowest BCUT2D eigenvalue weighted by Gasteiger charge is -2.33. The van der Waals surface area contributed by atoms with Crippen LogP contribution in [-0.4, -0.2) is 44.0 Å². The maximum absolute atomic E-state index is 15.1. The van der Waals surface area contributed by atoms with Gasteiger partial charge in [-0.15, -0.1) is 0 Å². The molecule has 4 heterocycles. The van der Waals surface area contributed by atoms with Crippen LogP contribution in [0, 0.1) is 12.7 Å². The Hall–Kier alpha value is -3.30. The number of ether oxygens (including phenoxy) is 1. The first-order valence-corrected chi connectivity index (χ1v) is 12.0. The van der Waals surface area contributed by atoms with E-state index in [0.29, 0.717) is 53.0 Å². The monoisotopic (exact) mass is 494 g/mol. The first kappa shape index (κ1) is 22.2. The number of aromatic nitrogens is 5. The number of benzene rings is 1. The Balaban J connectivity index is 1.52. The third-order valence-corrected chi connectivity index (χ3v) is 6.87. The average Bonchev–Trinajstić information content (AvgIpc) is 3.57. The number of halogens is 2. The van der Waals surface area contributed by atoms with Crippen molar-refractivity contribution in [3.63, 3.8) is 0 Å². The number of hydrogen-bond acceptors (Lipinski definition) is 6. The van der Waals surface area contributed by atoms with Crippen molar-refractivity contribution >= 4 is 28.3 Å². The van der Waals surface area contributed by atoms with Crippen molar-refractivity contribution < 1.29 is 9.13 Å². The van der Waals surface area contributed by atoms with Crippen molar-refractivity contribution in [2.24, 2.45) is 7.05 Å². The van der Waals surface area contributed by atoms with E-state index in [1.54, 1.807) is 33.6 Å². The first-order valence-electron chi connectivity index (χ1n) is 11.6. The van der Waals surface area contributed by atoms with E-state index in [2.05, 4.69) is 10.00 Å². The third kappa shape index (κ3) is 3.98. The van der Waals surface area contributed by atoms with Gasteiger partial charge in [0.1, 0.15) is 34.8 Å². The van der Waals surface area contributed by atoms with Crippen LogP contribution in [0.5, 0.6) is 0 Å². The first-order chi connectivity index (χ1) is 16.9. The van der Waals surface area contributed by atoms with E-state index in [1.165, 1.54) is 6.07 Å². The topological polar surface area (TPSA) is 78.1 Å². The number of hydrogen-bond donors (Lipinski definition) is 0. The maximum atomic E-state index is 15.1. The predicted octanol–water partition coefficient (Wildman–Crippen LogP) is 4.21. The highest BCUT2D eigenvalue weighted by molar-refractivity contribution is 6.30. The summed E-state index contributed by atoms with van der Waals surface area (Å²) in [4.78, 5) is 25.3. The van der Waals surface area contributed by atoms with Crippen molar-refractivity contribution in [3.05, 3.63) is 69.2 Å². The molecule has 2 fully saturated rings. The lowest BCUT2D eigenvalue weighted by Crippen LogP contribution is -2.39. The average molecular weight is 495 g/mol. The Kier molecular flexibility index (Phi) is 5.34. The molecule has 4 aromatic rings. The summed E-state index contributed by atoms with van der Waals surface area (Å²) in [7, 11) is 1.86. The van der Waals surface area contributed by atoms with Crippen LogP contribution in [0.25, 0.3) is 22.2 Å². The Labute approximate surface area is 205 Å². The molecule has 8 nitrogen and oxygen atoms in total. The van der Waals surface area contributed by atoms with Gasteiger partial charge >= 0.3 is 0 Å². The summed E-state index contributed by atoms with van der Waals surface area (Å²) in [6, 6.07) is 6.41. The van der Waals surface area contributed by atoms with Crippen molar-refractivity contribution in [1.29, 1.82) is 0 Å². The third-order valence-electron chi connectivity index (χ3n) is 6.64. The van der Waals surface area contributed by atoms with Gasteiger partial charge in [-0.2, -0.15) is 5.10 Å². The van der Waals surface area contributed by atoms with Gasteiger partial charge in [-0.25, -0.2) is 14.4 Å². The van der Waals surface area contributed by atoms with Gasteiger partial charge in [0.25, 0.3) is 5.56 Å². The molecule has 0 bridgehead atoms. The van der Waals surface area contributed by atoms with Crippen LogP contribution < -0.4 is 10.5 Å². The van der Waals surface area contributed by atoms with Gasteiger partial charge in [-0.05, 0) is 44.0 Å². The minimum absolute atomic E-state index is 0.119. The van der Waals surface area contributed by atoms with Crippen LogP contribution in [-0.2, 0) is 11.8 Å². The molecule has 0 spiro atoms. The van der Waals surface area contributed by atoms with E-state index in [9.17, 15) is 4.79 Å². The van der Waals surface area contributed by atoms with Gasteiger partial charge in [0.15, 0.2) is 0 Å². The van der Waals surface area contributed by atoms with Crippen LogP contribution in [0.15, 0.2) is 41.5 Å². The molecule has 3 aromatic heterocycles. The van der Waals surface area contributed by atoms with E-state index < -0.39 is 5.82 Å². The number of fused-ring (bicyclic) bond motifs is 1. The van der Waals surface area contributed by atoms with E-state index >= 15 is 4.39 Å². The summed E-state index contributed by atoms with van der Waals surface area (Å²) in [6.45, 7) is 3.43. The lowest BCUT2D eigenvalue weighted by molar-refractivity contribution is 0.0395. The molecule has 0 unspecified atom stereocenters. The van der Waals surface area contributed by atoms with Gasteiger partial charge in [-0.3, -0.25) is 14.0 Å². The molecule has 0 radical (unpaired) electrons. The summed E-state index contributed by atoms with van der Waals surface area (Å²) < 4.78 is 24.5. The summed E-state index contributed by atoms with van der Waals surface area (Å²) in [5, 5.41) is 4.97. The van der Waals surface area contributed by atoms with Crippen LogP contribution in [0.2, 0.25) is 5.02 Å². The molecule has 1 aromatic carbocycles. The molecule has 1 aliphatic carbocycles. The highest BCUT2D eigenvalue weighted by Gasteiger charge is 2.30. The molecule has 6 rings (SSSR count). The Morgan fingerprint density at radius 1 is 1.20 bits per heavy atom. The molecule has 10 heteroatoms. The fourth-order valence-corrected chi connectivity index (χ4v) is 4.91. The SMILES string of the molecule is Cc1nc2c(-c3ccc(Cl)cc3F)nc(N3CCO[C@@H](c4cnn(C)c4)C3)cc2c(=O)n1C1CC1. The van der Waals surface area contributed by atoms with Gasteiger partial charge < -0.3 is 9.64 Å². The second-order valence-electron chi connectivity index (χ2n) is 9.17. The van der Waals surface area contributed by atoms with Crippen molar-refractivity contribution in [3.8, 4) is 11.3 Å². The zero-order valence-electron chi connectivity index (χ0n) is 19.4. The minimum Gasteiger partial charge on any atom is -0.370 e. The normalized spacial score (nSPS) is 18.4. The van der Waals surface area contributed by atoms with Gasteiger partial charge in [0.2, 0.25) is 0 Å². The number of aryl methyl sites for hydroxylation is 2. The number of morpholine rings is 1. The van der Waals surface area contributed by atoms with Crippen LogP contribution in [0.3, 0.4) is 0 Å². The molecule has 180 valence electrons. The number of rotatable bonds is 4. The number of anilines is 1. The largest absolute Gasteiger partial charge is 0.370 e. The summed E-state index contributed by atoms with van der Waals surface area (Å²) in [6.07, 6.45) is 5.45. The van der Waals surface area contributed by atoms with Gasteiger partial charge in [0.05, 0.1) is 18.2 Å². The van der Waals surface area contributed by atoms with E-state index in [4.69, 9.17) is 26.3 Å². The fourth-order valence-electron chi connectivity index (χ4n) is 4.75. The Morgan fingerprint density at radius 2 is 2.03 bits per heavy atom. The second-order valence-corrected chi connectivity index (χ2v) is 9.60. The molecule has 35 heavy (non-hydrogen) atoms. The van der Waals surface area contributed by atoms with Gasteiger partial charge in [0, 0.05) is 48.5 Å². The van der Waals surface area contributed by atoms with E-state index in [0.717, 1.165) is 18.4 Å². The fraction of sp³-hybridized carbons (Fsp3) is 0.360. The molecule has 1 atom stereocenters. The maximum Gasteiger partial charge on any atom is 0.261 e. The minimum atomic E-state index is -0.510. The zero-order valence-corrected chi connectivity index (χ0v) is 20.2. The Morgan fingerprint density at radius 3 is 2.74 bits per heavy atom. The summed E-state index contributed by atoms with van der Waals surface area (Å²) >= 11 is 6.01. The molecular formula is C25H24ClFN6O2. The highest BCUT2D eigenvalue weighted by Crippen LogP contribution is 2.37. The van der Waals surface area contributed by atoms with Gasteiger partial charge in [-0.1, -0.05) is 11.6 Å². The quantitative estimate of drug-likeness (QED) is 0.423.